The quantitative estimate of drug-likeness (QED) is 0.875. The molecule has 0 fully saturated rings. The SMILES string of the molecule is CC(C)(C)OC(=O)N1CCc2[nH]nc(-c3cccc(F)c3)c2C1. The van der Waals surface area contributed by atoms with Gasteiger partial charge in [0.1, 0.15) is 11.4 Å². The van der Waals surface area contributed by atoms with E-state index in [-0.39, 0.29) is 11.9 Å². The highest BCUT2D eigenvalue weighted by Gasteiger charge is 2.28. The molecule has 1 aromatic heterocycles. The molecule has 1 aliphatic rings. The van der Waals surface area contributed by atoms with Gasteiger partial charge in [0, 0.05) is 29.8 Å². The molecule has 0 saturated carbocycles. The number of nitrogens with one attached hydrogen (secondary N) is 1. The Morgan fingerprint density at radius 1 is 1.39 bits per heavy atom. The molecule has 0 atom stereocenters. The Kier molecular flexibility index (Phi) is 3.83. The lowest BCUT2D eigenvalue weighted by Crippen LogP contribution is -2.39. The van der Waals surface area contributed by atoms with Crippen molar-refractivity contribution in [3.63, 3.8) is 0 Å². The van der Waals surface area contributed by atoms with E-state index in [1.165, 1.54) is 12.1 Å². The number of hydrogen-bond acceptors (Lipinski definition) is 3. The van der Waals surface area contributed by atoms with Crippen LogP contribution in [0.5, 0.6) is 0 Å². The van der Waals surface area contributed by atoms with E-state index in [4.69, 9.17) is 4.74 Å². The maximum Gasteiger partial charge on any atom is 0.410 e. The molecule has 0 saturated heterocycles. The molecule has 0 unspecified atom stereocenters. The van der Waals surface area contributed by atoms with Crippen molar-refractivity contribution in [3.05, 3.63) is 41.3 Å². The Balaban J connectivity index is 1.86. The summed E-state index contributed by atoms with van der Waals surface area (Å²) in [6, 6.07) is 6.31. The Morgan fingerprint density at radius 3 is 2.87 bits per heavy atom. The van der Waals surface area contributed by atoms with Crippen molar-refractivity contribution < 1.29 is 13.9 Å². The highest BCUT2D eigenvalue weighted by Crippen LogP contribution is 2.29. The van der Waals surface area contributed by atoms with Gasteiger partial charge >= 0.3 is 6.09 Å². The fraction of sp³-hybridized carbons (Fsp3) is 0.412. The number of aromatic amines is 1. The summed E-state index contributed by atoms with van der Waals surface area (Å²) < 4.78 is 18.9. The molecule has 2 aromatic rings. The van der Waals surface area contributed by atoms with Gasteiger partial charge in [-0.2, -0.15) is 5.10 Å². The van der Waals surface area contributed by atoms with Crippen molar-refractivity contribution in [3.8, 4) is 11.3 Å². The second kappa shape index (κ2) is 5.68. The first-order valence-corrected chi connectivity index (χ1v) is 7.63. The van der Waals surface area contributed by atoms with E-state index in [1.807, 2.05) is 26.8 Å². The normalized spacial score (nSPS) is 14.5. The summed E-state index contributed by atoms with van der Waals surface area (Å²) in [5, 5.41) is 7.31. The molecule has 1 amide bonds. The predicted octanol–water partition coefficient (Wildman–Crippen LogP) is 3.51. The molecular formula is C17H20FN3O2. The summed E-state index contributed by atoms with van der Waals surface area (Å²) in [5.74, 6) is -0.306. The zero-order valence-electron chi connectivity index (χ0n) is 13.5. The van der Waals surface area contributed by atoms with Crippen molar-refractivity contribution in [1.29, 1.82) is 0 Å². The first-order valence-electron chi connectivity index (χ1n) is 7.63. The van der Waals surface area contributed by atoms with E-state index < -0.39 is 5.60 Å². The number of rotatable bonds is 1. The number of benzene rings is 1. The lowest BCUT2D eigenvalue weighted by Gasteiger charge is -2.30. The third-order valence-electron chi connectivity index (χ3n) is 3.68. The Labute approximate surface area is 134 Å². The van der Waals surface area contributed by atoms with Crippen molar-refractivity contribution in [1.82, 2.24) is 15.1 Å². The summed E-state index contributed by atoms with van der Waals surface area (Å²) in [5.41, 5.74) is 2.78. The average Bonchev–Trinajstić information content (AvgIpc) is 2.88. The summed E-state index contributed by atoms with van der Waals surface area (Å²) in [6.07, 6.45) is 0.339. The molecule has 2 heterocycles. The topological polar surface area (TPSA) is 58.2 Å². The minimum Gasteiger partial charge on any atom is -0.444 e. The van der Waals surface area contributed by atoms with Crippen molar-refractivity contribution in [2.45, 2.75) is 39.3 Å². The molecule has 0 radical (unpaired) electrons. The zero-order valence-corrected chi connectivity index (χ0v) is 13.5. The number of carbonyl (C=O) groups excluding carboxylic acids is 1. The number of aromatic nitrogens is 2. The molecule has 1 aromatic carbocycles. The van der Waals surface area contributed by atoms with Gasteiger partial charge in [0.2, 0.25) is 0 Å². The lowest BCUT2D eigenvalue weighted by atomic mass is 10.0. The summed E-state index contributed by atoms with van der Waals surface area (Å²) in [4.78, 5) is 13.9. The summed E-state index contributed by atoms with van der Waals surface area (Å²) in [6.45, 7) is 6.52. The third-order valence-corrected chi connectivity index (χ3v) is 3.68. The second-order valence-corrected chi connectivity index (χ2v) is 6.69. The van der Waals surface area contributed by atoms with Crippen LogP contribution < -0.4 is 0 Å². The van der Waals surface area contributed by atoms with Crippen LogP contribution in [0.1, 0.15) is 32.0 Å². The summed E-state index contributed by atoms with van der Waals surface area (Å²) in [7, 11) is 0. The van der Waals surface area contributed by atoms with Crippen molar-refractivity contribution in [2.24, 2.45) is 0 Å². The largest absolute Gasteiger partial charge is 0.444 e. The molecule has 23 heavy (non-hydrogen) atoms. The maximum atomic E-state index is 13.5. The molecule has 0 bridgehead atoms. The first-order chi connectivity index (χ1) is 10.8. The third kappa shape index (κ3) is 3.36. The zero-order chi connectivity index (χ0) is 16.6. The van der Waals surface area contributed by atoms with Crippen LogP contribution in [0.25, 0.3) is 11.3 Å². The number of carbonyl (C=O) groups is 1. The lowest BCUT2D eigenvalue weighted by molar-refractivity contribution is 0.0224. The molecule has 5 nitrogen and oxygen atoms in total. The Bertz CT molecular complexity index is 734. The van der Waals surface area contributed by atoms with Crippen LogP contribution in [0.2, 0.25) is 0 Å². The van der Waals surface area contributed by atoms with Gasteiger partial charge in [-0.15, -0.1) is 0 Å². The minimum atomic E-state index is -0.529. The van der Waals surface area contributed by atoms with E-state index >= 15 is 0 Å². The standard InChI is InChI=1S/C17H20FN3O2/c1-17(2,3)23-16(22)21-8-7-14-13(10-21)15(20-19-14)11-5-4-6-12(18)9-11/h4-6,9H,7-8,10H2,1-3H3,(H,19,20). The fourth-order valence-electron chi connectivity index (χ4n) is 2.65. The van der Waals surface area contributed by atoms with Gasteiger partial charge < -0.3 is 9.64 Å². The maximum absolute atomic E-state index is 13.5. The molecule has 0 aliphatic carbocycles. The van der Waals surface area contributed by atoms with Gasteiger partial charge in [0.05, 0.1) is 12.2 Å². The van der Waals surface area contributed by atoms with Crippen LogP contribution >= 0.6 is 0 Å². The van der Waals surface area contributed by atoms with Gasteiger partial charge in [-0.05, 0) is 32.9 Å². The van der Waals surface area contributed by atoms with E-state index in [2.05, 4.69) is 10.2 Å². The highest BCUT2D eigenvalue weighted by atomic mass is 19.1. The van der Waals surface area contributed by atoms with Crippen LogP contribution in [-0.4, -0.2) is 33.3 Å². The van der Waals surface area contributed by atoms with Crippen LogP contribution in [-0.2, 0) is 17.7 Å². The average molecular weight is 317 g/mol. The molecule has 1 N–H and O–H groups in total. The molecule has 3 rings (SSSR count). The van der Waals surface area contributed by atoms with Gasteiger partial charge in [-0.3, -0.25) is 5.10 Å². The van der Waals surface area contributed by atoms with E-state index in [9.17, 15) is 9.18 Å². The molecule has 6 heteroatoms. The summed E-state index contributed by atoms with van der Waals surface area (Å²) >= 11 is 0. The second-order valence-electron chi connectivity index (χ2n) is 6.69. The van der Waals surface area contributed by atoms with Gasteiger partial charge in [0.15, 0.2) is 0 Å². The van der Waals surface area contributed by atoms with Crippen LogP contribution in [0.15, 0.2) is 24.3 Å². The molecule has 1 aliphatic heterocycles. The fourth-order valence-corrected chi connectivity index (χ4v) is 2.65. The molecular weight excluding hydrogens is 297 g/mol. The van der Waals surface area contributed by atoms with Crippen molar-refractivity contribution >= 4 is 6.09 Å². The minimum absolute atomic E-state index is 0.306. The number of H-pyrrole nitrogens is 1. The van der Waals surface area contributed by atoms with Gasteiger partial charge in [-0.25, -0.2) is 9.18 Å². The van der Waals surface area contributed by atoms with Gasteiger partial charge in [-0.1, -0.05) is 12.1 Å². The predicted molar refractivity (Wildman–Crippen MR) is 84.3 cm³/mol. The van der Waals surface area contributed by atoms with Crippen molar-refractivity contribution in [2.75, 3.05) is 6.54 Å². The number of halogens is 1. The number of amides is 1. The molecule has 0 spiro atoms. The number of nitrogens with zero attached hydrogens (tertiary/aromatic N) is 2. The number of fused-ring (bicyclic) bond motifs is 1. The highest BCUT2D eigenvalue weighted by molar-refractivity contribution is 5.70. The number of hydrogen-bond donors (Lipinski definition) is 1. The molecule has 122 valence electrons. The Hall–Kier alpha value is -2.37. The van der Waals surface area contributed by atoms with Gasteiger partial charge in [0.25, 0.3) is 0 Å². The monoisotopic (exact) mass is 317 g/mol. The van der Waals surface area contributed by atoms with E-state index in [1.54, 1.807) is 11.0 Å². The Morgan fingerprint density at radius 2 is 2.17 bits per heavy atom. The first kappa shape index (κ1) is 15.5. The number of ether oxygens (including phenoxy) is 1. The van der Waals surface area contributed by atoms with Crippen LogP contribution in [0.4, 0.5) is 9.18 Å². The van der Waals surface area contributed by atoms with E-state index in [0.29, 0.717) is 30.8 Å². The van der Waals surface area contributed by atoms with Crippen LogP contribution in [0, 0.1) is 5.82 Å². The smallest absolute Gasteiger partial charge is 0.410 e. The van der Waals surface area contributed by atoms with Crippen LogP contribution in [0.3, 0.4) is 0 Å². The van der Waals surface area contributed by atoms with E-state index in [0.717, 1.165) is 11.3 Å².